The molecule has 5 rings (SSSR count). The lowest BCUT2D eigenvalue weighted by molar-refractivity contribution is -0.0270. The minimum absolute atomic E-state index is 0.110. The van der Waals surface area contributed by atoms with Gasteiger partial charge in [0, 0.05) is 0 Å². The number of halogens is 2. The zero-order valence-electron chi connectivity index (χ0n) is 16.7. The van der Waals surface area contributed by atoms with Gasteiger partial charge in [-0.2, -0.15) is 5.10 Å². The van der Waals surface area contributed by atoms with Crippen molar-refractivity contribution in [2.24, 2.45) is 11.8 Å². The van der Waals surface area contributed by atoms with E-state index >= 15 is 0 Å². The van der Waals surface area contributed by atoms with Crippen LogP contribution in [-0.4, -0.2) is 51.7 Å². The molecule has 3 fully saturated rings. The van der Waals surface area contributed by atoms with Crippen LogP contribution in [0.1, 0.15) is 53.6 Å². The Balaban J connectivity index is 1.34. The number of amides is 1. The third kappa shape index (κ3) is 4.08. The molecule has 3 aliphatic rings. The van der Waals surface area contributed by atoms with E-state index in [1.807, 2.05) is 13.0 Å². The molecule has 8 nitrogen and oxygen atoms in total. The Morgan fingerprint density at radius 2 is 2.13 bits per heavy atom. The van der Waals surface area contributed by atoms with Gasteiger partial charge in [-0.25, -0.2) is 18.7 Å². The lowest BCUT2D eigenvalue weighted by Gasteiger charge is -2.39. The van der Waals surface area contributed by atoms with E-state index < -0.39 is 19.0 Å². The van der Waals surface area contributed by atoms with E-state index in [1.54, 1.807) is 0 Å². The first-order chi connectivity index (χ1) is 14.4. The first-order valence-corrected chi connectivity index (χ1v) is 10.3. The molecule has 0 bridgehead atoms. The Morgan fingerprint density at radius 3 is 2.73 bits per heavy atom. The number of nitrogens with one attached hydrogen (secondary N) is 2. The van der Waals surface area contributed by atoms with Crippen molar-refractivity contribution in [2.75, 3.05) is 24.6 Å². The normalized spacial score (nSPS) is 21.1. The number of hydrogen-bond acceptors (Lipinski definition) is 6. The maximum atomic E-state index is 13.3. The van der Waals surface area contributed by atoms with Crippen molar-refractivity contribution in [2.45, 2.75) is 44.6 Å². The minimum Gasteiger partial charge on any atom is -0.475 e. The first kappa shape index (κ1) is 19.2. The summed E-state index contributed by atoms with van der Waals surface area (Å²) in [4.78, 5) is 22.9. The highest BCUT2D eigenvalue weighted by Crippen LogP contribution is 2.41. The van der Waals surface area contributed by atoms with Crippen molar-refractivity contribution < 1.29 is 18.3 Å². The van der Waals surface area contributed by atoms with Gasteiger partial charge in [0.15, 0.2) is 11.5 Å². The topological polar surface area (TPSA) is 96.0 Å². The number of carbonyl (C=O) groups excluding carboxylic acids is 1. The fourth-order valence-electron chi connectivity index (χ4n) is 3.63. The number of anilines is 1. The van der Waals surface area contributed by atoms with Crippen LogP contribution in [0.2, 0.25) is 0 Å². The quantitative estimate of drug-likeness (QED) is 0.684. The summed E-state index contributed by atoms with van der Waals surface area (Å²) in [5.41, 5.74) is 1.83. The first-order valence-electron chi connectivity index (χ1n) is 10.3. The highest BCUT2D eigenvalue weighted by molar-refractivity contribution is 5.92. The number of aromatic nitrogens is 4. The van der Waals surface area contributed by atoms with Gasteiger partial charge in [0.1, 0.15) is 0 Å². The lowest BCUT2D eigenvalue weighted by atomic mass is 10.1. The molecule has 0 unspecified atom stereocenters. The van der Waals surface area contributed by atoms with Crippen molar-refractivity contribution in [3.05, 3.63) is 29.3 Å². The highest BCUT2D eigenvalue weighted by Gasteiger charge is 2.46. The predicted molar refractivity (Wildman–Crippen MR) is 104 cm³/mol. The Hall–Kier alpha value is -2.78. The van der Waals surface area contributed by atoms with Crippen LogP contribution in [0.3, 0.4) is 0 Å². The molecule has 2 saturated carbocycles. The summed E-state index contributed by atoms with van der Waals surface area (Å²) in [6, 6.07) is 1.75. The van der Waals surface area contributed by atoms with Crippen LogP contribution >= 0.6 is 0 Å². The van der Waals surface area contributed by atoms with Gasteiger partial charge in [0.2, 0.25) is 0 Å². The van der Waals surface area contributed by atoms with Gasteiger partial charge in [-0.05, 0) is 50.5 Å². The lowest BCUT2D eigenvalue weighted by Crippen LogP contribution is -2.56. The predicted octanol–water partition coefficient (Wildman–Crippen LogP) is 2.63. The van der Waals surface area contributed by atoms with Crippen LogP contribution in [0.5, 0.6) is 5.88 Å². The maximum Gasteiger partial charge on any atom is 0.282 e. The monoisotopic (exact) mass is 418 g/mol. The molecule has 1 saturated heterocycles. The molecule has 0 spiro atoms. The second-order valence-electron chi connectivity index (χ2n) is 8.60. The largest absolute Gasteiger partial charge is 0.475 e. The summed E-state index contributed by atoms with van der Waals surface area (Å²) in [6.07, 6.45) is 5.56. The van der Waals surface area contributed by atoms with Gasteiger partial charge in [-0.3, -0.25) is 9.89 Å². The molecule has 30 heavy (non-hydrogen) atoms. The average Bonchev–Trinajstić information content (AvgIpc) is 3.61. The van der Waals surface area contributed by atoms with E-state index in [1.165, 1.54) is 11.1 Å². The maximum absolute atomic E-state index is 13.3. The van der Waals surface area contributed by atoms with Crippen LogP contribution in [0.15, 0.2) is 12.3 Å². The molecule has 1 aliphatic heterocycles. The molecule has 2 aliphatic carbocycles. The van der Waals surface area contributed by atoms with E-state index in [4.69, 9.17) is 4.74 Å². The Morgan fingerprint density at radius 1 is 1.37 bits per heavy atom. The molecule has 0 aromatic carbocycles. The number of H-pyrrole nitrogens is 1. The number of rotatable bonds is 8. The van der Waals surface area contributed by atoms with E-state index in [0.717, 1.165) is 37.1 Å². The number of nitrogens with zero attached hydrogens (tertiary/aromatic N) is 4. The third-order valence-corrected chi connectivity index (χ3v) is 5.69. The van der Waals surface area contributed by atoms with E-state index in [0.29, 0.717) is 18.4 Å². The fraction of sp³-hybridized carbons (Fsp3) is 0.600. The van der Waals surface area contributed by atoms with Crippen molar-refractivity contribution in [3.63, 3.8) is 0 Å². The molecule has 160 valence electrons. The molecule has 1 atom stereocenters. The molecule has 2 aromatic heterocycles. The minimum atomic E-state index is -2.73. The van der Waals surface area contributed by atoms with Gasteiger partial charge < -0.3 is 15.0 Å². The Labute approximate surface area is 172 Å². The van der Waals surface area contributed by atoms with Gasteiger partial charge in [-0.1, -0.05) is 0 Å². The van der Waals surface area contributed by atoms with Crippen molar-refractivity contribution >= 4 is 11.7 Å². The second kappa shape index (κ2) is 7.17. The van der Waals surface area contributed by atoms with Crippen LogP contribution in [0, 0.1) is 18.8 Å². The van der Waals surface area contributed by atoms with E-state index in [9.17, 15) is 13.6 Å². The summed E-state index contributed by atoms with van der Waals surface area (Å²) in [7, 11) is 0. The summed E-state index contributed by atoms with van der Waals surface area (Å²) >= 11 is 0. The molecule has 0 radical (unpaired) electrons. The van der Waals surface area contributed by atoms with Crippen LogP contribution in [0.25, 0.3) is 0 Å². The molecular formula is C20H24F2N6O2. The van der Waals surface area contributed by atoms with Gasteiger partial charge in [0.25, 0.3) is 17.7 Å². The molecule has 1 amide bonds. The molecule has 2 aromatic rings. The number of alkyl halides is 2. The molecule has 10 heteroatoms. The van der Waals surface area contributed by atoms with Gasteiger partial charge >= 0.3 is 0 Å². The SMILES string of the molecule is Cc1cc([C@@H](NC(=O)c2cnc(N3CC(F)(F)C3)c(OCC3CC3)n2)C2CC2)[nH]n1. The summed E-state index contributed by atoms with van der Waals surface area (Å²) < 4.78 is 32.4. The number of aromatic amines is 1. The summed E-state index contributed by atoms with van der Waals surface area (Å²) in [6.45, 7) is 1.50. The van der Waals surface area contributed by atoms with E-state index in [2.05, 4.69) is 25.5 Å². The van der Waals surface area contributed by atoms with Gasteiger partial charge in [0.05, 0.1) is 43.3 Å². The second-order valence-corrected chi connectivity index (χ2v) is 8.60. The van der Waals surface area contributed by atoms with Crippen LogP contribution in [-0.2, 0) is 0 Å². The third-order valence-electron chi connectivity index (χ3n) is 5.69. The molecule has 3 heterocycles. The number of ether oxygens (including phenoxy) is 1. The van der Waals surface area contributed by atoms with E-state index in [-0.39, 0.29) is 29.3 Å². The number of hydrogen-bond donors (Lipinski definition) is 2. The molecular weight excluding hydrogens is 394 g/mol. The smallest absolute Gasteiger partial charge is 0.282 e. The number of carbonyl (C=O) groups is 1. The standard InChI is InChI=1S/C20H24F2N6O2/c1-11-6-14(27-26-11)16(13-4-5-13)25-18(29)15-7-23-17(28-9-20(21,22)10-28)19(24-15)30-8-12-2-3-12/h6-7,12-13,16H,2-5,8-10H2,1H3,(H,25,29)(H,26,27)/t16-/m0/s1. The van der Waals surface area contributed by atoms with Crippen LogP contribution in [0.4, 0.5) is 14.6 Å². The fourth-order valence-corrected chi connectivity index (χ4v) is 3.63. The Bertz CT molecular complexity index is 949. The molecule has 2 N–H and O–H groups in total. The zero-order valence-corrected chi connectivity index (χ0v) is 16.7. The summed E-state index contributed by atoms with van der Waals surface area (Å²) in [5, 5.41) is 10.2. The Kier molecular flexibility index (Phi) is 4.59. The highest BCUT2D eigenvalue weighted by atomic mass is 19.3. The number of aryl methyl sites for hydroxylation is 1. The van der Waals surface area contributed by atoms with Crippen molar-refractivity contribution in [1.29, 1.82) is 0 Å². The average molecular weight is 418 g/mol. The van der Waals surface area contributed by atoms with Gasteiger partial charge in [-0.15, -0.1) is 0 Å². The van der Waals surface area contributed by atoms with Crippen molar-refractivity contribution in [3.8, 4) is 5.88 Å². The van der Waals surface area contributed by atoms with Crippen molar-refractivity contribution in [1.82, 2.24) is 25.5 Å². The van der Waals surface area contributed by atoms with Crippen LogP contribution < -0.4 is 15.0 Å². The summed E-state index contributed by atoms with van der Waals surface area (Å²) in [5.74, 6) is -1.88. The zero-order chi connectivity index (χ0) is 20.9.